The summed E-state index contributed by atoms with van der Waals surface area (Å²) in [6.07, 6.45) is 2.81. The summed E-state index contributed by atoms with van der Waals surface area (Å²) in [5.74, 6) is -1.07. The second kappa shape index (κ2) is 4.53. The van der Waals surface area contributed by atoms with Gasteiger partial charge >= 0.3 is 12.0 Å². The van der Waals surface area contributed by atoms with Gasteiger partial charge in [0.15, 0.2) is 0 Å². The molecule has 0 bridgehead atoms. The van der Waals surface area contributed by atoms with Crippen molar-refractivity contribution in [2.45, 2.75) is 24.9 Å². The highest BCUT2D eigenvalue weighted by molar-refractivity contribution is 5.78. The lowest BCUT2D eigenvalue weighted by Gasteiger charge is -2.38. The van der Waals surface area contributed by atoms with E-state index >= 15 is 0 Å². The minimum absolute atomic E-state index is 0.0508. The van der Waals surface area contributed by atoms with Gasteiger partial charge in [0.1, 0.15) is 0 Å². The fourth-order valence-electron chi connectivity index (χ4n) is 2.67. The SMILES string of the molecule is O=C(O)C1CC(N2CC(c3ccccn3)NC2=O)C1. The number of aromatic nitrogens is 1. The van der Waals surface area contributed by atoms with E-state index in [-0.39, 0.29) is 24.0 Å². The van der Waals surface area contributed by atoms with E-state index < -0.39 is 5.97 Å². The van der Waals surface area contributed by atoms with E-state index in [0.717, 1.165) is 5.69 Å². The molecule has 1 aromatic heterocycles. The van der Waals surface area contributed by atoms with Crippen LogP contribution < -0.4 is 5.32 Å². The van der Waals surface area contributed by atoms with Crippen LogP contribution in [0.4, 0.5) is 4.79 Å². The summed E-state index contributed by atoms with van der Waals surface area (Å²) in [4.78, 5) is 28.7. The van der Waals surface area contributed by atoms with E-state index in [9.17, 15) is 9.59 Å². The molecule has 1 atom stereocenters. The summed E-state index contributed by atoms with van der Waals surface area (Å²) >= 11 is 0. The smallest absolute Gasteiger partial charge is 0.318 e. The van der Waals surface area contributed by atoms with Crippen molar-refractivity contribution in [3.63, 3.8) is 0 Å². The normalized spacial score (nSPS) is 29.8. The van der Waals surface area contributed by atoms with Gasteiger partial charge in [0.2, 0.25) is 0 Å². The number of carboxylic acids is 1. The van der Waals surface area contributed by atoms with E-state index in [1.54, 1.807) is 11.1 Å². The first-order valence-corrected chi connectivity index (χ1v) is 6.36. The van der Waals surface area contributed by atoms with Crippen molar-refractivity contribution in [3.05, 3.63) is 30.1 Å². The molecule has 0 aromatic carbocycles. The van der Waals surface area contributed by atoms with Crippen molar-refractivity contribution >= 4 is 12.0 Å². The van der Waals surface area contributed by atoms with Gasteiger partial charge in [-0.25, -0.2) is 4.79 Å². The number of carbonyl (C=O) groups is 2. The molecule has 1 aliphatic heterocycles. The Balaban J connectivity index is 1.64. The molecular formula is C13H15N3O3. The first-order valence-electron chi connectivity index (χ1n) is 6.36. The minimum Gasteiger partial charge on any atom is -0.481 e. The molecule has 2 N–H and O–H groups in total. The van der Waals surface area contributed by atoms with E-state index in [1.165, 1.54) is 0 Å². The Labute approximate surface area is 110 Å². The maximum Gasteiger partial charge on any atom is 0.318 e. The van der Waals surface area contributed by atoms with E-state index in [4.69, 9.17) is 5.11 Å². The second-order valence-corrected chi connectivity index (χ2v) is 5.07. The number of carboxylic acid groups (broad SMARTS) is 1. The number of aliphatic carboxylic acids is 1. The van der Waals surface area contributed by atoms with Crippen molar-refractivity contribution in [3.8, 4) is 0 Å². The Hall–Kier alpha value is -2.11. The van der Waals surface area contributed by atoms with Crippen LogP contribution in [0.3, 0.4) is 0 Å². The Morgan fingerprint density at radius 1 is 1.42 bits per heavy atom. The lowest BCUT2D eigenvalue weighted by atomic mass is 9.79. The summed E-state index contributed by atoms with van der Waals surface area (Å²) in [5.41, 5.74) is 0.840. The zero-order valence-corrected chi connectivity index (χ0v) is 10.3. The number of amides is 2. The van der Waals surface area contributed by atoms with Gasteiger partial charge in [0.05, 0.1) is 17.7 Å². The van der Waals surface area contributed by atoms with Gasteiger partial charge in [-0.2, -0.15) is 0 Å². The number of rotatable bonds is 3. The van der Waals surface area contributed by atoms with Gasteiger partial charge in [-0.1, -0.05) is 6.07 Å². The Morgan fingerprint density at radius 2 is 2.21 bits per heavy atom. The first-order chi connectivity index (χ1) is 9.15. The van der Waals surface area contributed by atoms with Crippen molar-refractivity contribution in [2.75, 3.05) is 6.54 Å². The third kappa shape index (κ3) is 2.14. The highest BCUT2D eigenvalue weighted by Crippen LogP contribution is 2.34. The van der Waals surface area contributed by atoms with Crippen molar-refractivity contribution in [2.24, 2.45) is 5.92 Å². The Kier molecular flexibility index (Phi) is 2.85. The summed E-state index contributed by atoms with van der Waals surface area (Å²) in [7, 11) is 0. The van der Waals surface area contributed by atoms with Crippen LogP contribution in [0.5, 0.6) is 0 Å². The lowest BCUT2D eigenvalue weighted by Crippen LogP contribution is -2.48. The Morgan fingerprint density at radius 3 is 2.84 bits per heavy atom. The molecule has 6 heteroatoms. The van der Waals surface area contributed by atoms with Crippen LogP contribution in [-0.4, -0.2) is 39.6 Å². The third-order valence-corrected chi connectivity index (χ3v) is 3.89. The monoisotopic (exact) mass is 261 g/mol. The zero-order chi connectivity index (χ0) is 13.4. The fraction of sp³-hybridized carbons (Fsp3) is 0.462. The number of pyridine rings is 1. The van der Waals surface area contributed by atoms with Crippen LogP contribution in [0.25, 0.3) is 0 Å². The molecule has 100 valence electrons. The van der Waals surface area contributed by atoms with Crippen molar-refractivity contribution < 1.29 is 14.7 Å². The zero-order valence-electron chi connectivity index (χ0n) is 10.3. The van der Waals surface area contributed by atoms with Gasteiger partial charge in [0.25, 0.3) is 0 Å². The topological polar surface area (TPSA) is 82.5 Å². The van der Waals surface area contributed by atoms with Gasteiger partial charge in [-0.3, -0.25) is 9.78 Å². The van der Waals surface area contributed by atoms with E-state index in [0.29, 0.717) is 19.4 Å². The Bertz CT molecular complexity index is 499. The molecule has 1 unspecified atom stereocenters. The summed E-state index contributed by atoms with van der Waals surface area (Å²) in [6, 6.07) is 5.44. The number of hydrogen-bond donors (Lipinski definition) is 2. The highest BCUT2D eigenvalue weighted by Gasteiger charge is 2.43. The molecule has 1 saturated carbocycles. The standard InChI is InChI=1S/C13H15N3O3/c17-12(18)8-5-9(6-8)16-7-11(15-13(16)19)10-3-1-2-4-14-10/h1-4,8-9,11H,5-7H2,(H,15,19)(H,17,18). The molecule has 0 radical (unpaired) electrons. The summed E-state index contributed by atoms with van der Waals surface area (Å²) in [5, 5.41) is 11.8. The van der Waals surface area contributed by atoms with Gasteiger partial charge in [-0.15, -0.1) is 0 Å². The third-order valence-electron chi connectivity index (χ3n) is 3.89. The number of nitrogens with one attached hydrogen (secondary N) is 1. The average molecular weight is 261 g/mol. The quantitative estimate of drug-likeness (QED) is 0.850. The van der Waals surface area contributed by atoms with Crippen LogP contribution in [0.15, 0.2) is 24.4 Å². The van der Waals surface area contributed by atoms with Crippen LogP contribution in [-0.2, 0) is 4.79 Å². The van der Waals surface area contributed by atoms with E-state index in [1.807, 2.05) is 18.2 Å². The number of urea groups is 1. The number of carbonyl (C=O) groups excluding carboxylic acids is 1. The van der Waals surface area contributed by atoms with Gasteiger partial charge in [0, 0.05) is 18.8 Å². The molecule has 2 fully saturated rings. The molecule has 1 aliphatic carbocycles. The van der Waals surface area contributed by atoms with Crippen LogP contribution in [0.2, 0.25) is 0 Å². The highest BCUT2D eigenvalue weighted by atomic mass is 16.4. The molecule has 3 rings (SSSR count). The summed E-state index contributed by atoms with van der Waals surface area (Å²) in [6.45, 7) is 0.562. The van der Waals surface area contributed by atoms with Gasteiger partial charge in [-0.05, 0) is 25.0 Å². The lowest BCUT2D eigenvalue weighted by molar-refractivity contribution is -0.146. The van der Waals surface area contributed by atoms with E-state index in [2.05, 4.69) is 10.3 Å². The average Bonchev–Trinajstić information content (AvgIpc) is 2.71. The molecule has 2 heterocycles. The van der Waals surface area contributed by atoms with Gasteiger partial charge < -0.3 is 15.3 Å². The maximum absolute atomic E-state index is 11.9. The first kappa shape index (κ1) is 12.0. The molecule has 1 aromatic rings. The molecule has 2 aliphatic rings. The van der Waals surface area contributed by atoms with Crippen LogP contribution in [0.1, 0.15) is 24.6 Å². The fourth-order valence-corrected chi connectivity index (χ4v) is 2.67. The predicted molar refractivity (Wildman–Crippen MR) is 66.4 cm³/mol. The predicted octanol–water partition coefficient (Wildman–Crippen LogP) is 1.01. The number of nitrogens with zero attached hydrogens (tertiary/aromatic N) is 2. The second-order valence-electron chi connectivity index (χ2n) is 5.07. The van der Waals surface area contributed by atoms with Crippen LogP contribution in [0, 0.1) is 5.92 Å². The van der Waals surface area contributed by atoms with Crippen LogP contribution >= 0.6 is 0 Å². The van der Waals surface area contributed by atoms with Crippen molar-refractivity contribution in [1.82, 2.24) is 15.2 Å². The molecule has 19 heavy (non-hydrogen) atoms. The number of hydrogen-bond acceptors (Lipinski definition) is 3. The summed E-state index contributed by atoms with van der Waals surface area (Å²) < 4.78 is 0. The molecule has 2 amide bonds. The molecule has 1 saturated heterocycles. The minimum atomic E-state index is -0.767. The van der Waals surface area contributed by atoms with Crippen molar-refractivity contribution in [1.29, 1.82) is 0 Å². The molecule has 0 spiro atoms. The molecule has 6 nitrogen and oxygen atoms in total. The largest absolute Gasteiger partial charge is 0.481 e. The molecular weight excluding hydrogens is 246 g/mol. The maximum atomic E-state index is 11.9.